The molecule has 1 saturated heterocycles. The van der Waals surface area contributed by atoms with Crippen LogP contribution in [0.15, 0.2) is 53.4 Å². The molecule has 0 radical (unpaired) electrons. The van der Waals surface area contributed by atoms with Crippen LogP contribution in [-0.2, 0) is 11.2 Å². The Kier molecular flexibility index (Phi) is 4.55. The van der Waals surface area contributed by atoms with Crippen LogP contribution < -0.4 is 4.90 Å². The average Bonchev–Trinajstić information content (AvgIpc) is 2.81. The van der Waals surface area contributed by atoms with Crippen LogP contribution in [0.5, 0.6) is 0 Å². The zero-order valence-corrected chi connectivity index (χ0v) is 14.0. The van der Waals surface area contributed by atoms with Gasteiger partial charge in [0.15, 0.2) is 0 Å². The summed E-state index contributed by atoms with van der Waals surface area (Å²) in [6, 6.07) is 14.7. The van der Waals surface area contributed by atoms with E-state index < -0.39 is 0 Å². The predicted molar refractivity (Wildman–Crippen MR) is 95.7 cm³/mol. The van der Waals surface area contributed by atoms with Gasteiger partial charge in [-0.25, -0.2) is 4.90 Å². The van der Waals surface area contributed by atoms with Crippen LogP contribution in [0, 0.1) is 0 Å². The first-order valence-corrected chi connectivity index (χ1v) is 8.41. The molecule has 23 heavy (non-hydrogen) atoms. The Hall–Kier alpha value is -2.04. The van der Waals surface area contributed by atoms with Gasteiger partial charge < -0.3 is 0 Å². The van der Waals surface area contributed by atoms with Gasteiger partial charge in [0.2, 0.25) is 0 Å². The molecule has 1 aliphatic heterocycles. The minimum atomic E-state index is -0.291. The number of aryl methyl sites for hydroxylation is 1. The van der Waals surface area contributed by atoms with Crippen LogP contribution in [0.3, 0.4) is 0 Å². The minimum Gasteiger partial charge on any atom is -0.268 e. The number of carbonyl (C=O) groups is 2. The number of benzene rings is 2. The molecule has 0 aromatic heterocycles. The van der Waals surface area contributed by atoms with Crippen molar-refractivity contribution < 1.29 is 9.59 Å². The first kappa shape index (κ1) is 15.8. The lowest BCUT2D eigenvalue weighted by Gasteiger charge is -2.16. The van der Waals surface area contributed by atoms with E-state index in [2.05, 4.69) is 0 Å². The van der Waals surface area contributed by atoms with E-state index in [9.17, 15) is 9.59 Å². The van der Waals surface area contributed by atoms with Crippen LogP contribution in [-0.4, -0.2) is 11.1 Å². The van der Waals surface area contributed by atoms with Gasteiger partial charge in [0, 0.05) is 5.02 Å². The van der Waals surface area contributed by atoms with Crippen LogP contribution in [0.4, 0.5) is 10.5 Å². The van der Waals surface area contributed by atoms with Crippen molar-refractivity contribution in [2.75, 3.05) is 4.90 Å². The van der Waals surface area contributed by atoms with E-state index in [0.29, 0.717) is 15.6 Å². The van der Waals surface area contributed by atoms with Crippen LogP contribution >= 0.6 is 23.4 Å². The van der Waals surface area contributed by atoms with E-state index in [1.165, 1.54) is 4.90 Å². The highest BCUT2D eigenvalue weighted by Gasteiger charge is 2.37. The highest BCUT2D eigenvalue weighted by Crippen LogP contribution is 2.37. The molecule has 116 valence electrons. The standard InChI is InChI=1S/C18H14ClNO2S/c1-2-13-7-3-4-9-15(13)20-17(21)16(23-18(20)22)11-12-6-5-8-14(19)10-12/h3-11H,2H2,1H3/b16-11-. The number of thioether (sulfide) groups is 1. The number of para-hydroxylation sites is 1. The number of carbonyl (C=O) groups excluding carboxylic acids is 2. The number of imide groups is 1. The van der Waals surface area contributed by atoms with Crippen molar-refractivity contribution in [3.05, 3.63) is 69.6 Å². The molecule has 0 aliphatic carbocycles. The second kappa shape index (κ2) is 6.60. The van der Waals surface area contributed by atoms with Gasteiger partial charge in [0.25, 0.3) is 11.1 Å². The van der Waals surface area contributed by atoms with E-state index in [4.69, 9.17) is 11.6 Å². The third-order valence-electron chi connectivity index (χ3n) is 3.55. The van der Waals surface area contributed by atoms with Gasteiger partial charge >= 0.3 is 0 Å². The normalized spacial score (nSPS) is 16.4. The maximum Gasteiger partial charge on any atom is 0.298 e. The number of hydrogen-bond donors (Lipinski definition) is 0. The lowest BCUT2D eigenvalue weighted by atomic mass is 10.1. The van der Waals surface area contributed by atoms with E-state index in [1.807, 2.05) is 37.3 Å². The Labute approximate surface area is 143 Å². The molecule has 5 heteroatoms. The van der Waals surface area contributed by atoms with Crippen molar-refractivity contribution in [2.24, 2.45) is 0 Å². The van der Waals surface area contributed by atoms with Gasteiger partial charge in [-0.15, -0.1) is 0 Å². The number of nitrogens with zero attached hydrogens (tertiary/aromatic N) is 1. The quantitative estimate of drug-likeness (QED) is 0.724. The number of hydrogen-bond acceptors (Lipinski definition) is 3. The Bertz CT molecular complexity index is 816. The molecule has 1 heterocycles. The number of halogens is 1. The van der Waals surface area contributed by atoms with Crippen LogP contribution in [0.2, 0.25) is 5.02 Å². The summed E-state index contributed by atoms with van der Waals surface area (Å²) in [6.45, 7) is 2.00. The lowest BCUT2D eigenvalue weighted by Crippen LogP contribution is -2.28. The highest BCUT2D eigenvalue weighted by atomic mass is 35.5. The van der Waals surface area contributed by atoms with Gasteiger partial charge in [0.05, 0.1) is 10.6 Å². The third kappa shape index (κ3) is 3.19. The second-order valence-electron chi connectivity index (χ2n) is 5.05. The number of rotatable bonds is 3. The molecule has 3 rings (SSSR count). The predicted octanol–water partition coefficient (Wildman–Crippen LogP) is 5.14. The summed E-state index contributed by atoms with van der Waals surface area (Å²) in [7, 11) is 0. The Morgan fingerprint density at radius 2 is 1.91 bits per heavy atom. The molecule has 2 aromatic rings. The third-order valence-corrected chi connectivity index (χ3v) is 4.66. The zero-order chi connectivity index (χ0) is 16.4. The molecule has 0 atom stereocenters. The zero-order valence-electron chi connectivity index (χ0n) is 12.5. The second-order valence-corrected chi connectivity index (χ2v) is 6.48. The molecular formula is C18H14ClNO2S. The van der Waals surface area contributed by atoms with Gasteiger partial charge in [-0.05, 0) is 53.6 Å². The van der Waals surface area contributed by atoms with E-state index in [1.54, 1.807) is 24.3 Å². The SMILES string of the molecule is CCc1ccccc1N1C(=O)S/C(=C\c2cccc(Cl)c2)C1=O. The molecule has 0 N–H and O–H groups in total. The number of anilines is 1. The largest absolute Gasteiger partial charge is 0.298 e. The highest BCUT2D eigenvalue weighted by molar-refractivity contribution is 8.19. The van der Waals surface area contributed by atoms with Gasteiger partial charge in [-0.3, -0.25) is 9.59 Å². The molecule has 1 aliphatic rings. The van der Waals surface area contributed by atoms with Crippen molar-refractivity contribution in [1.82, 2.24) is 0 Å². The summed E-state index contributed by atoms with van der Waals surface area (Å²) in [4.78, 5) is 26.6. The Balaban J connectivity index is 1.97. The first-order valence-electron chi connectivity index (χ1n) is 7.21. The molecule has 2 aromatic carbocycles. The van der Waals surface area contributed by atoms with Crippen molar-refractivity contribution in [3.63, 3.8) is 0 Å². The first-order chi connectivity index (χ1) is 11.1. The topological polar surface area (TPSA) is 37.4 Å². The molecular weight excluding hydrogens is 330 g/mol. The summed E-state index contributed by atoms with van der Waals surface area (Å²) in [5.74, 6) is -0.291. The summed E-state index contributed by atoms with van der Waals surface area (Å²) >= 11 is 6.91. The van der Waals surface area contributed by atoms with Crippen molar-refractivity contribution in [2.45, 2.75) is 13.3 Å². The lowest BCUT2D eigenvalue weighted by molar-refractivity contribution is -0.113. The fourth-order valence-corrected chi connectivity index (χ4v) is 3.48. The summed E-state index contributed by atoms with van der Waals surface area (Å²) in [6.07, 6.45) is 2.45. The van der Waals surface area contributed by atoms with Crippen LogP contribution in [0.1, 0.15) is 18.1 Å². The van der Waals surface area contributed by atoms with Crippen molar-refractivity contribution in [1.29, 1.82) is 0 Å². The molecule has 0 spiro atoms. The van der Waals surface area contributed by atoms with Gasteiger partial charge in [-0.1, -0.05) is 48.9 Å². The maximum absolute atomic E-state index is 12.7. The van der Waals surface area contributed by atoms with Crippen molar-refractivity contribution in [3.8, 4) is 0 Å². The van der Waals surface area contributed by atoms with Gasteiger partial charge in [0.1, 0.15) is 0 Å². The van der Waals surface area contributed by atoms with Crippen molar-refractivity contribution >= 4 is 46.3 Å². The Morgan fingerprint density at radius 3 is 2.65 bits per heavy atom. The van der Waals surface area contributed by atoms with Gasteiger partial charge in [-0.2, -0.15) is 0 Å². The fraction of sp³-hybridized carbons (Fsp3) is 0.111. The Morgan fingerprint density at radius 1 is 1.13 bits per heavy atom. The summed E-state index contributed by atoms with van der Waals surface area (Å²) in [5.41, 5.74) is 2.43. The van der Waals surface area contributed by atoms with Crippen LogP contribution in [0.25, 0.3) is 6.08 Å². The average molecular weight is 344 g/mol. The summed E-state index contributed by atoms with van der Waals surface area (Å²) in [5, 5.41) is 0.318. The molecule has 3 nitrogen and oxygen atoms in total. The molecule has 0 bridgehead atoms. The molecule has 1 fully saturated rings. The van der Waals surface area contributed by atoms with E-state index in [0.717, 1.165) is 29.3 Å². The fourth-order valence-electron chi connectivity index (χ4n) is 2.45. The summed E-state index contributed by atoms with van der Waals surface area (Å²) < 4.78 is 0. The van der Waals surface area contributed by atoms with E-state index >= 15 is 0 Å². The molecule has 0 unspecified atom stereocenters. The maximum atomic E-state index is 12.7. The monoisotopic (exact) mass is 343 g/mol. The number of amides is 2. The minimum absolute atomic E-state index is 0.274. The smallest absolute Gasteiger partial charge is 0.268 e. The van der Waals surface area contributed by atoms with E-state index in [-0.39, 0.29) is 11.1 Å². The molecule has 2 amide bonds. The molecule has 0 saturated carbocycles.